The van der Waals surface area contributed by atoms with Crippen molar-refractivity contribution in [2.45, 2.75) is 25.7 Å². The Hall–Kier alpha value is -1.41. The average molecular weight is 257 g/mol. The van der Waals surface area contributed by atoms with E-state index in [4.69, 9.17) is 0 Å². The molecule has 0 radical (unpaired) electrons. The number of aliphatic hydroxyl groups excluding tert-OH is 1. The zero-order valence-electron chi connectivity index (χ0n) is 11.7. The molecule has 2 heteroatoms. The second-order valence-corrected chi connectivity index (χ2v) is 5.30. The molecule has 102 valence electrons. The van der Waals surface area contributed by atoms with Crippen molar-refractivity contribution < 1.29 is 5.11 Å². The van der Waals surface area contributed by atoms with Gasteiger partial charge in [-0.25, -0.2) is 0 Å². The average Bonchev–Trinajstić information content (AvgIpc) is 2.49. The van der Waals surface area contributed by atoms with Crippen molar-refractivity contribution in [2.24, 2.45) is 16.8 Å². The lowest BCUT2D eigenvalue weighted by atomic mass is 9.76. The maximum absolute atomic E-state index is 9.23. The lowest BCUT2D eigenvalue weighted by Gasteiger charge is -2.29. The molecule has 0 bridgehead atoms. The fourth-order valence-electron chi connectivity index (χ4n) is 3.07. The van der Waals surface area contributed by atoms with Gasteiger partial charge in [0.15, 0.2) is 0 Å². The molecule has 1 saturated carbocycles. The van der Waals surface area contributed by atoms with E-state index in [1.165, 1.54) is 11.1 Å². The first kappa shape index (κ1) is 14.0. The van der Waals surface area contributed by atoms with Gasteiger partial charge in [-0.15, -0.1) is 0 Å². The predicted octanol–water partition coefficient (Wildman–Crippen LogP) is 3.46. The summed E-state index contributed by atoms with van der Waals surface area (Å²) in [5.74, 6) is 1.05. The van der Waals surface area contributed by atoms with Crippen LogP contribution < -0.4 is 0 Å². The molecule has 2 rings (SSSR count). The van der Waals surface area contributed by atoms with Gasteiger partial charge in [-0.3, -0.25) is 4.99 Å². The van der Waals surface area contributed by atoms with Gasteiger partial charge in [0.2, 0.25) is 0 Å². The van der Waals surface area contributed by atoms with Gasteiger partial charge < -0.3 is 5.11 Å². The molecule has 0 heterocycles. The quantitative estimate of drug-likeness (QED) is 0.825. The van der Waals surface area contributed by atoms with E-state index in [0.717, 1.165) is 31.4 Å². The zero-order chi connectivity index (χ0) is 13.7. The van der Waals surface area contributed by atoms with Crippen LogP contribution in [0.4, 0.5) is 0 Å². The van der Waals surface area contributed by atoms with E-state index in [1.807, 2.05) is 19.2 Å². The summed E-state index contributed by atoms with van der Waals surface area (Å²) < 4.78 is 0. The first-order chi connectivity index (χ1) is 9.30. The fraction of sp³-hybridized carbons (Fsp3) is 0.471. The largest absolute Gasteiger partial charge is 0.396 e. The van der Waals surface area contributed by atoms with Crippen LogP contribution in [-0.4, -0.2) is 24.5 Å². The second kappa shape index (κ2) is 6.67. The van der Waals surface area contributed by atoms with Crippen molar-refractivity contribution in [3.8, 4) is 0 Å². The number of rotatable bonds is 3. The molecule has 19 heavy (non-hydrogen) atoms. The van der Waals surface area contributed by atoms with Crippen LogP contribution >= 0.6 is 0 Å². The standard InChI is InChI=1S/C17H23NO/c1-3-15(14-10-8-13(12-19)9-11-14)16-6-4-5-7-17(16)18-2/h3-7,13-14,19H,1,8-12H2,2H3/b16-15+,18-17?. The molecule has 2 nitrogen and oxygen atoms in total. The third-order valence-corrected chi connectivity index (χ3v) is 4.22. The van der Waals surface area contributed by atoms with Crippen LogP contribution in [0.25, 0.3) is 0 Å². The number of hydrogen-bond acceptors (Lipinski definition) is 2. The van der Waals surface area contributed by atoms with E-state index in [-0.39, 0.29) is 0 Å². The number of aliphatic imine (C=N–C) groups is 1. The number of nitrogens with zero attached hydrogens (tertiary/aromatic N) is 1. The molecular formula is C17H23NO. The minimum atomic E-state index is 0.330. The Labute approximate surface area is 115 Å². The molecule has 2 aliphatic rings. The van der Waals surface area contributed by atoms with Gasteiger partial charge in [0.25, 0.3) is 0 Å². The summed E-state index contributed by atoms with van der Waals surface area (Å²) in [6.07, 6.45) is 14.8. The van der Waals surface area contributed by atoms with Gasteiger partial charge in [-0.1, -0.05) is 30.9 Å². The highest BCUT2D eigenvalue weighted by Gasteiger charge is 2.24. The van der Waals surface area contributed by atoms with Crippen molar-refractivity contribution in [1.29, 1.82) is 0 Å². The lowest BCUT2D eigenvalue weighted by Crippen LogP contribution is -2.20. The maximum Gasteiger partial charge on any atom is 0.0646 e. The van der Waals surface area contributed by atoms with E-state index >= 15 is 0 Å². The number of allylic oxidation sites excluding steroid dienone is 7. The fourth-order valence-corrected chi connectivity index (χ4v) is 3.07. The first-order valence-electron chi connectivity index (χ1n) is 7.09. The summed E-state index contributed by atoms with van der Waals surface area (Å²) in [6.45, 7) is 4.33. The minimum absolute atomic E-state index is 0.330. The Morgan fingerprint density at radius 2 is 2.00 bits per heavy atom. The van der Waals surface area contributed by atoms with Crippen LogP contribution in [0.1, 0.15) is 25.7 Å². The van der Waals surface area contributed by atoms with Gasteiger partial charge in [-0.2, -0.15) is 0 Å². The summed E-state index contributed by atoms with van der Waals surface area (Å²) in [7, 11) is 1.84. The van der Waals surface area contributed by atoms with E-state index in [2.05, 4.69) is 29.8 Å². The molecule has 0 unspecified atom stereocenters. The Morgan fingerprint density at radius 3 is 2.58 bits per heavy atom. The molecule has 0 spiro atoms. The van der Waals surface area contributed by atoms with Crippen molar-refractivity contribution in [2.75, 3.05) is 13.7 Å². The van der Waals surface area contributed by atoms with Crippen LogP contribution in [0.3, 0.4) is 0 Å². The Kier molecular flexibility index (Phi) is 4.92. The molecule has 1 N–H and O–H groups in total. The molecule has 2 aliphatic carbocycles. The molecule has 0 aliphatic heterocycles. The smallest absolute Gasteiger partial charge is 0.0646 e. The Bertz CT molecular complexity index is 446. The van der Waals surface area contributed by atoms with E-state index in [0.29, 0.717) is 18.4 Å². The number of aliphatic hydroxyl groups is 1. The minimum Gasteiger partial charge on any atom is -0.396 e. The van der Waals surface area contributed by atoms with Gasteiger partial charge in [0.05, 0.1) is 5.71 Å². The molecular weight excluding hydrogens is 234 g/mol. The molecule has 0 aromatic carbocycles. The van der Waals surface area contributed by atoms with Gasteiger partial charge >= 0.3 is 0 Å². The van der Waals surface area contributed by atoms with Gasteiger partial charge in [0.1, 0.15) is 0 Å². The zero-order valence-corrected chi connectivity index (χ0v) is 11.7. The molecule has 0 saturated heterocycles. The monoisotopic (exact) mass is 257 g/mol. The van der Waals surface area contributed by atoms with Crippen molar-refractivity contribution in [3.05, 3.63) is 48.1 Å². The van der Waals surface area contributed by atoms with E-state index < -0.39 is 0 Å². The highest BCUT2D eigenvalue weighted by Crippen LogP contribution is 2.35. The lowest BCUT2D eigenvalue weighted by molar-refractivity contribution is 0.176. The van der Waals surface area contributed by atoms with E-state index in [9.17, 15) is 5.11 Å². The molecule has 1 fully saturated rings. The summed E-state index contributed by atoms with van der Waals surface area (Å²) in [5, 5.41) is 9.23. The Morgan fingerprint density at radius 1 is 1.32 bits per heavy atom. The summed E-state index contributed by atoms with van der Waals surface area (Å²) >= 11 is 0. The van der Waals surface area contributed by atoms with Crippen LogP contribution in [0.2, 0.25) is 0 Å². The molecule has 0 aromatic heterocycles. The van der Waals surface area contributed by atoms with E-state index in [1.54, 1.807) is 0 Å². The molecule has 0 atom stereocenters. The molecule has 0 aromatic rings. The van der Waals surface area contributed by atoms with Gasteiger partial charge in [-0.05, 0) is 49.2 Å². The highest BCUT2D eigenvalue weighted by atomic mass is 16.3. The maximum atomic E-state index is 9.23. The van der Waals surface area contributed by atoms with Gasteiger partial charge in [0, 0.05) is 19.2 Å². The topological polar surface area (TPSA) is 32.6 Å². The second-order valence-electron chi connectivity index (χ2n) is 5.30. The van der Waals surface area contributed by atoms with Crippen LogP contribution in [0.5, 0.6) is 0 Å². The summed E-state index contributed by atoms with van der Waals surface area (Å²) in [4.78, 5) is 4.36. The van der Waals surface area contributed by atoms with Crippen molar-refractivity contribution >= 4 is 5.71 Å². The summed E-state index contributed by atoms with van der Waals surface area (Å²) in [5.41, 5.74) is 3.58. The van der Waals surface area contributed by atoms with Crippen LogP contribution in [0, 0.1) is 11.8 Å². The van der Waals surface area contributed by atoms with Crippen LogP contribution in [-0.2, 0) is 0 Å². The molecule has 0 amide bonds. The SMILES string of the molecule is C=C/C(=C1/C=CC=CC1=NC)C1CCC(CO)CC1. The third-order valence-electron chi connectivity index (χ3n) is 4.22. The first-order valence-corrected chi connectivity index (χ1v) is 7.09. The third kappa shape index (κ3) is 3.13. The van der Waals surface area contributed by atoms with Crippen LogP contribution in [0.15, 0.2) is 53.1 Å². The highest BCUT2D eigenvalue weighted by molar-refractivity contribution is 6.12. The van der Waals surface area contributed by atoms with Crippen molar-refractivity contribution in [3.63, 3.8) is 0 Å². The predicted molar refractivity (Wildman–Crippen MR) is 81.4 cm³/mol. The van der Waals surface area contributed by atoms with Crippen molar-refractivity contribution in [1.82, 2.24) is 0 Å². The Balaban J connectivity index is 2.22. The number of hydrogen-bond donors (Lipinski definition) is 1. The summed E-state index contributed by atoms with van der Waals surface area (Å²) in [6, 6.07) is 0. The normalized spacial score (nSPS) is 31.6.